The molecule has 0 aliphatic carbocycles. The molecule has 4 nitrogen and oxygen atoms in total. The molecule has 3 unspecified atom stereocenters. The van der Waals surface area contributed by atoms with Crippen LogP contribution >= 0.6 is 0 Å². The number of nitrogens with one attached hydrogen (secondary N) is 1. The second kappa shape index (κ2) is 5.37. The molecule has 3 atom stereocenters. The van der Waals surface area contributed by atoms with E-state index in [4.69, 9.17) is 4.74 Å². The predicted molar refractivity (Wildman–Crippen MR) is 62.0 cm³/mol. The summed E-state index contributed by atoms with van der Waals surface area (Å²) < 4.78 is 5.40. The van der Waals surface area contributed by atoms with E-state index in [-0.39, 0.29) is 6.04 Å². The Bertz CT molecular complexity index is 311. The average Bonchev–Trinajstić information content (AvgIpc) is 2.83. The highest BCUT2D eigenvalue weighted by Crippen LogP contribution is 2.19. The van der Waals surface area contributed by atoms with Crippen LogP contribution in [0.25, 0.3) is 0 Å². The van der Waals surface area contributed by atoms with Crippen molar-refractivity contribution in [2.45, 2.75) is 32.4 Å². The van der Waals surface area contributed by atoms with Crippen LogP contribution in [0.3, 0.4) is 0 Å². The van der Waals surface area contributed by atoms with Crippen molar-refractivity contribution in [2.75, 3.05) is 13.2 Å². The molecule has 16 heavy (non-hydrogen) atoms. The molecular weight excluding hydrogens is 202 g/mol. The third-order valence-electron chi connectivity index (χ3n) is 3.21. The molecule has 0 bridgehead atoms. The first-order chi connectivity index (χ1) is 7.77. The molecule has 0 amide bonds. The van der Waals surface area contributed by atoms with E-state index < -0.39 is 0 Å². The molecule has 1 saturated heterocycles. The highest BCUT2D eigenvalue weighted by molar-refractivity contribution is 5.01. The van der Waals surface area contributed by atoms with Gasteiger partial charge in [-0.05, 0) is 26.2 Å². The maximum absolute atomic E-state index is 5.40. The van der Waals surface area contributed by atoms with E-state index in [0.29, 0.717) is 12.0 Å². The Kier molecular flexibility index (Phi) is 3.85. The van der Waals surface area contributed by atoms with Gasteiger partial charge in [-0.2, -0.15) is 0 Å². The Morgan fingerprint density at radius 1 is 1.44 bits per heavy atom. The fraction of sp³-hybridized carbons (Fsp3) is 0.667. The minimum atomic E-state index is 0.240. The second-order valence-corrected chi connectivity index (χ2v) is 4.43. The van der Waals surface area contributed by atoms with E-state index >= 15 is 0 Å². The second-order valence-electron chi connectivity index (χ2n) is 4.43. The molecule has 88 valence electrons. The molecule has 1 N–H and O–H groups in total. The van der Waals surface area contributed by atoms with E-state index in [1.165, 1.54) is 0 Å². The highest BCUT2D eigenvalue weighted by atomic mass is 16.5. The lowest BCUT2D eigenvalue weighted by Gasteiger charge is -2.23. The van der Waals surface area contributed by atoms with Gasteiger partial charge in [0, 0.05) is 37.3 Å². The minimum absolute atomic E-state index is 0.240. The van der Waals surface area contributed by atoms with Crippen molar-refractivity contribution in [1.29, 1.82) is 0 Å². The first kappa shape index (κ1) is 11.5. The van der Waals surface area contributed by atoms with Gasteiger partial charge in [-0.15, -0.1) is 0 Å². The van der Waals surface area contributed by atoms with Crippen LogP contribution in [-0.4, -0.2) is 29.2 Å². The van der Waals surface area contributed by atoms with Gasteiger partial charge in [0.2, 0.25) is 0 Å². The van der Waals surface area contributed by atoms with Gasteiger partial charge in [0.1, 0.15) is 0 Å². The van der Waals surface area contributed by atoms with Crippen LogP contribution in [0.1, 0.15) is 32.0 Å². The molecule has 2 rings (SSSR count). The summed E-state index contributed by atoms with van der Waals surface area (Å²) in [5.41, 5.74) is 0.994. The van der Waals surface area contributed by atoms with Crippen molar-refractivity contribution < 1.29 is 4.74 Å². The smallest absolute Gasteiger partial charge is 0.0753 e. The third kappa shape index (κ3) is 2.77. The van der Waals surface area contributed by atoms with Gasteiger partial charge in [-0.1, -0.05) is 0 Å². The Morgan fingerprint density at radius 3 is 2.94 bits per heavy atom. The van der Waals surface area contributed by atoms with Gasteiger partial charge < -0.3 is 10.1 Å². The van der Waals surface area contributed by atoms with Crippen molar-refractivity contribution in [3.05, 3.63) is 24.3 Å². The zero-order valence-corrected chi connectivity index (χ0v) is 9.89. The van der Waals surface area contributed by atoms with Crippen LogP contribution < -0.4 is 5.32 Å². The van der Waals surface area contributed by atoms with Gasteiger partial charge >= 0.3 is 0 Å². The summed E-state index contributed by atoms with van der Waals surface area (Å²) in [5, 5.41) is 3.56. The number of aromatic nitrogens is 2. The first-order valence-electron chi connectivity index (χ1n) is 5.87. The van der Waals surface area contributed by atoms with Crippen molar-refractivity contribution in [3.8, 4) is 0 Å². The van der Waals surface area contributed by atoms with Crippen molar-refractivity contribution in [2.24, 2.45) is 5.92 Å². The standard InChI is InChI=1S/C12H19N3O/c1-9(11-3-6-16-8-11)15-10(2)12-7-13-4-5-14-12/h4-5,7,9-11,15H,3,6,8H2,1-2H3. The van der Waals surface area contributed by atoms with Gasteiger partial charge in [0.05, 0.1) is 12.3 Å². The van der Waals surface area contributed by atoms with E-state index in [1.54, 1.807) is 12.4 Å². The molecule has 0 aromatic carbocycles. The molecule has 0 spiro atoms. The van der Waals surface area contributed by atoms with E-state index in [2.05, 4.69) is 29.1 Å². The monoisotopic (exact) mass is 221 g/mol. The number of ether oxygens (including phenoxy) is 1. The lowest BCUT2D eigenvalue weighted by atomic mass is 10.00. The van der Waals surface area contributed by atoms with E-state index in [0.717, 1.165) is 25.3 Å². The van der Waals surface area contributed by atoms with Gasteiger partial charge in [0.15, 0.2) is 0 Å². The van der Waals surface area contributed by atoms with Crippen molar-refractivity contribution >= 4 is 0 Å². The normalized spacial score (nSPS) is 24.2. The first-order valence-corrected chi connectivity index (χ1v) is 5.87. The van der Waals surface area contributed by atoms with Crippen LogP contribution in [0, 0.1) is 5.92 Å². The third-order valence-corrected chi connectivity index (χ3v) is 3.21. The SMILES string of the molecule is CC(NC(C)C1CCOC1)c1cnccn1. The minimum Gasteiger partial charge on any atom is -0.381 e. The van der Waals surface area contributed by atoms with Crippen LogP contribution in [0.15, 0.2) is 18.6 Å². The quantitative estimate of drug-likeness (QED) is 0.838. The molecule has 0 saturated carbocycles. The zero-order valence-electron chi connectivity index (χ0n) is 9.89. The van der Waals surface area contributed by atoms with Crippen molar-refractivity contribution in [1.82, 2.24) is 15.3 Å². The van der Waals surface area contributed by atoms with Gasteiger partial charge in [-0.25, -0.2) is 0 Å². The summed E-state index contributed by atoms with van der Waals surface area (Å²) in [6.45, 7) is 6.11. The maximum Gasteiger partial charge on any atom is 0.0753 e. The molecular formula is C12H19N3O. The summed E-state index contributed by atoms with van der Waals surface area (Å²) in [7, 11) is 0. The molecule has 1 aromatic heterocycles. The Labute approximate surface area is 96.4 Å². The Balaban J connectivity index is 1.89. The molecule has 0 radical (unpaired) electrons. The van der Waals surface area contributed by atoms with E-state index in [9.17, 15) is 0 Å². The fourth-order valence-corrected chi connectivity index (χ4v) is 2.10. The van der Waals surface area contributed by atoms with Crippen LogP contribution in [-0.2, 0) is 4.74 Å². The molecule has 2 heterocycles. The lowest BCUT2D eigenvalue weighted by Crippen LogP contribution is -2.36. The Morgan fingerprint density at radius 2 is 2.31 bits per heavy atom. The van der Waals surface area contributed by atoms with Crippen molar-refractivity contribution in [3.63, 3.8) is 0 Å². The highest BCUT2D eigenvalue weighted by Gasteiger charge is 2.23. The van der Waals surface area contributed by atoms with Crippen LogP contribution in [0.5, 0.6) is 0 Å². The molecule has 1 aromatic rings. The number of hydrogen-bond acceptors (Lipinski definition) is 4. The molecule has 4 heteroatoms. The Hall–Kier alpha value is -1.00. The molecule has 1 fully saturated rings. The molecule has 1 aliphatic rings. The fourth-order valence-electron chi connectivity index (χ4n) is 2.10. The van der Waals surface area contributed by atoms with Crippen LogP contribution in [0.4, 0.5) is 0 Å². The largest absolute Gasteiger partial charge is 0.381 e. The summed E-state index contributed by atoms with van der Waals surface area (Å²) in [6, 6.07) is 0.698. The summed E-state index contributed by atoms with van der Waals surface area (Å²) in [4.78, 5) is 8.39. The van der Waals surface area contributed by atoms with Gasteiger partial charge in [-0.3, -0.25) is 9.97 Å². The maximum atomic E-state index is 5.40. The summed E-state index contributed by atoms with van der Waals surface area (Å²) in [6.07, 6.45) is 6.40. The average molecular weight is 221 g/mol. The summed E-state index contributed by atoms with van der Waals surface area (Å²) in [5.74, 6) is 0.624. The number of nitrogens with zero attached hydrogens (tertiary/aromatic N) is 2. The predicted octanol–water partition coefficient (Wildman–Crippen LogP) is 1.55. The topological polar surface area (TPSA) is 47.0 Å². The zero-order chi connectivity index (χ0) is 11.4. The van der Waals surface area contributed by atoms with Gasteiger partial charge in [0.25, 0.3) is 0 Å². The van der Waals surface area contributed by atoms with E-state index in [1.807, 2.05) is 6.20 Å². The lowest BCUT2D eigenvalue weighted by molar-refractivity contribution is 0.177. The number of hydrogen-bond donors (Lipinski definition) is 1. The number of rotatable bonds is 4. The van der Waals surface area contributed by atoms with Crippen LogP contribution in [0.2, 0.25) is 0 Å². The summed E-state index contributed by atoms with van der Waals surface area (Å²) >= 11 is 0. The molecule has 1 aliphatic heterocycles.